The summed E-state index contributed by atoms with van der Waals surface area (Å²) in [6, 6.07) is 0. The maximum Gasteiger partial charge on any atom is 0.330 e. The van der Waals surface area contributed by atoms with Crippen molar-refractivity contribution in [3.05, 3.63) is 43.0 Å². The molecule has 1 aromatic heterocycles. The summed E-state index contributed by atoms with van der Waals surface area (Å²) in [5.41, 5.74) is 0. The predicted molar refractivity (Wildman–Crippen MR) is 61.7 cm³/mol. The zero-order valence-corrected chi connectivity index (χ0v) is 9.54. The monoisotopic (exact) mass is 220 g/mol. The molecule has 0 bridgehead atoms. The van der Waals surface area contributed by atoms with E-state index in [1.165, 1.54) is 13.2 Å². The van der Waals surface area contributed by atoms with Gasteiger partial charge in [-0.05, 0) is 5.92 Å². The summed E-state index contributed by atoms with van der Waals surface area (Å²) in [6.07, 6.45) is 12.4. The molecule has 1 unspecified atom stereocenters. The van der Waals surface area contributed by atoms with Crippen molar-refractivity contribution in [3.63, 3.8) is 0 Å². The molecule has 0 saturated carbocycles. The smallest absolute Gasteiger partial charge is 0.330 e. The quantitative estimate of drug-likeness (QED) is 0.432. The normalized spacial score (nSPS) is 13.4. The lowest BCUT2D eigenvalue weighted by Crippen LogP contribution is -2.02. The zero-order valence-electron chi connectivity index (χ0n) is 9.54. The Morgan fingerprint density at radius 3 is 3.00 bits per heavy atom. The van der Waals surface area contributed by atoms with E-state index < -0.39 is 0 Å². The summed E-state index contributed by atoms with van der Waals surface area (Å²) < 4.78 is 6.48. The molecule has 1 heterocycles. The second kappa shape index (κ2) is 6.61. The molecule has 0 aliphatic rings. The Morgan fingerprint density at radius 2 is 2.38 bits per heavy atom. The number of rotatable bonds is 5. The number of carbonyl (C=O) groups is 1. The Hall–Kier alpha value is -1.84. The van der Waals surface area contributed by atoms with Gasteiger partial charge in [-0.15, -0.1) is 0 Å². The summed E-state index contributed by atoms with van der Waals surface area (Å²) in [6.45, 7) is 2.98. The van der Waals surface area contributed by atoms with E-state index in [-0.39, 0.29) is 5.97 Å². The summed E-state index contributed by atoms with van der Waals surface area (Å²) in [5.74, 6) is 0.0448. The molecule has 1 atom stereocenters. The highest BCUT2D eigenvalue weighted by molar-refractivity contribution is 5.82. The van der Waals surface area contributed by atoms with Crippen LogP contribution in [0.3, 0.4) is 0 Å². The number of carbonyl (C=O) groups excluding carboxylic acids is 1. The van der Waals surface area contributed by atoms with E-state index in [1.54, 1.807) is 18.6 Å². The third kappa shape index (κ3) is 4.59. The molecule has 4 heteroatoms. The van der Waals surface area contributed by atoms with Gasteiger partial charge in [-0.2, -0.15) is 0 Å². The van der Waals surface area contributed by atoms with Gasteiger partial charge in [0.15, 0.2) is 0 Å². The Morgan fingerprint density at radius 1 is 1.56 bits per heavy atom. The first-order valence-electron chi connectivity index (χ1n) is 5.11. The molecule has 86 valence electrons. The first-order chi connectivity index (χ1) is 7.72. The van der Waals surface area contributed by atoms with Crippen molar-refractivity contribution in [1.82, 2.24) is 9.55 Å². The number of methoxy groups -OCH3 is 1. The number of imidazole rings is 1. The predicted octanol–water partition coefficient (Wildman–Crippen LogP) is 1.80. The number of allylic oxidation sites excluding steroid dienone is 3. The van der Waals surface area contributed by atoms with Crippen LogP contribution in [0.4, 0.5) is 0 Å². The van der Waals surface area contributed by atoms with Crippen molar-refractivity contribution >= 4 is 5.97 Å². The molecule has 0 aromatic carbocycles. The lowest BCUT2D eigenvalue weighted by Gasteiger charge is -2.05. The average Bonchev–Trinajstić information content (AvgIpc) is 2.76. The van der Waals surface area contributed by atoms with Crippen LogP contribution in [-0.4, -0.2) is 22.6 Å². The van der Waals surface area contributed by atoms with E-state index in [9.17, 15) is 4.79 Å². The van der Waals surface area contributed by atoms with Crippen LogP contribution in [0.1, 0.15) is 6.92 Å². The minimum Gasteiger partial charge on any atom is -0.466 e. The highest BCUT2D eigenvalue weighted by Gasteiger charge is 1.96. The number of esters is 1. The third-order valence-electron chi connectivity index (χ3n) is 2.04. The SMILES string of the molecule is COC(=O)C=CC=CC(C)Cn1ccnc1. The van der Waals surface area contributed by atoms with Gasteiger partial charge in [0, 0.05) is 25.0 Å². The van der Waals surface area contributed by atoms with Gasteiger partial charge in [0.05, 0.1) is 13.4 Å². The van der Waals surface area contributed by atoms with Crippen LogP contribution in [-0.2, 0) is 16.1 Å². The molecule has 0 radical (unpaired) electrons. The van der Waals surface area contributed by atoms with Crippen LogP contribution in [0.5, 0.6) is 0 Å². The van der Waals surface area contributed by atoms with Crippen LogP contribution >= 0.6 is 0 Å². The van der Waals surface area contributed by atoms with Gasteiger partial charge in [-0.3, -0.25) is 0 Å². The Bertz CT molecular complexity index is 366. The third-order valence-corrected chi connectivity index (χ3v) is 2.04. The minimum absolute atomic E-state index is 0.341. The summed E-state index contributed by atoms with van der Waals surface area (Å²) in [7, 11) is 1.36. The number of hydrogen-bond donors (Lipinski definition) is 0. The van der Waals surface area contributed by atoms with Gasteiger partial charge in [0.25, 0.3) is 0 Å². The lowest BCUT2D eigenvalue weighted by molar-refractivity contribution is -0.134. The minimum atomic E-state index is -0.341. The largest absolute Gasteiger partial charge is 0.466 e. The Balaban J connectivity index is 2.34. The molecule has 0 amide bonds. The molecular formula is C12H16N2O2. The van der Waals surface area contributed by atoms with E-state index in [2.05, 4.69) is 16.6 Å². The number of hydrogen-bond acceptors (Lipinski definition) is 3. The van der Waals surface area contributed by atoms with E-state index in [1.807, 2.05) is 22.9 Å². The number of nitrogens with zero attached hydrogens (tertiary/aromatic N) is 2. The fraction of sp³-hybridized carbons (Fsp3) is 0.333. The fourth-order valence-electron chi connectivity index (χ4n) is 1.24. The Kier molecular flexibility index (Phi) is 5.05. The van der Waals surface area contributed by atoms with Gasteiger partial charge in [0.2, 0.25) is 0 Å². The van der Waals surface area contributed by atoms with Crippen LogP contribution in [0.15, 0.2) is 43.0 Å². The molecule has 0 saturated heterocycles. The molecule has 0 fully saturated rings. The number of aromatic nitrogens is 2. The lowest BCUT2D eigenvalue weighted by atomic mass is 10.1. The van der Waals surface area contributed by atoms with Crippen molar-refractivity contribution < 1.29 is 9.53 Å². The van der Waals surface area contributed by atoms with Crippen LogP contribution in [0, 0.1) is 5.92 Å². The molecule has 0 aliphatic carbocycles. The molecule has 16 heavy (non-hydrogen) atoms. The van der Waals surface area contributed by atoms with Crippen molar-refractivity contribution in [1.29, 1.82) is 0 Å². The van der Waals surface area contributed by atoms with E-state index >= 15 is 0 Å². The molecule has 4 nitrogen and oxygen atoms in total. The van der Waals surface area contributed by atoms with Crippen LogP contribution < -0.4 is 0 Å². The molecule has 0 N–H and O–H groups in total. The Labute approximate surface area is 95.3 Å². The van der Waals surface area contributed by atoms with Crippen LogP contribution in [0.25, 0.3) is 0 Å². The van der Waals surface area contributed by atoms with E-state index in [0.29, 0.717) is 5.92 Å². The zero-order chi connectivity index (χ0) is 11.8. The maximum atomic E-state index is 10.8. The van der Waals surface area contributed by atoms with E-state index in [0.717, 1.165) is 6.54 Å². The highest BCUT2D eigenvalue weighted by atomic mass is 16.5. The van der Waals surface area contributed by atoms with Gasteiger partial charge in [-0.25, -0.2) is 9.78 Å². The van der Waals surface area contributed by atoms with Gasteiger partial charge in [0.1, 0.15) is 0 Å². The molecular weight excluding hydrogens is 204 g/mol. The summed E-state index contributed by atoms with van der Waals surface area (Å²) >= 11 is 0. The van der Waals surface area contributed by atoms with Crippen LogP contribution in [0.2, 0.25) is 0 Å². The first-order valence-corrected chi connectivity index (χ1v) is 5.11. The van der Waals surface area contributed by atoms with Crippen molar-refractivity contribution in [2.75, 3.05) is 7.11 Å². The second-order valence-electron chi connectivity index (χ2n) is 3.50. The standard InChI is InChI=1S/C12H16N2O2/c1-11(9-14-8-7-13-10-14)5-3-4-6-12(15)16-2/h3-8,10-11H,9H2,1-2H3. The second-order valence-corrected chi connectivity index (χ2v) is 3.50. The number of ether oxygens (including phenoxy) is 1. The highest BCUT2D eigenvalue weighted by Crippen LogP contribution is 2.02. The topological polar surface area (TPSA) is 44.1 Å². The van der Waals surface area contributed by atoms with E-state index in [4.69, 9.17) is 0 Å². The molecule has 1 aromatic rings. The van der Waals surface area contributed by atoms with Gasteiger partial charge in [-0.1, -0.05) is 25.2 Å². The fourth-order valence-corrected chi connectivity index (χ4v) is 1.24. The first kappa shape index (κ1) is 12.2. The molecule has 1 rings (SSSR count). The van der Waals surface area contributed by atoms with Gasteiger partial charge < -0.3 is 9.30 Å². The van der Waals surface area contributed by atoms with Gasteiger partial charge >= 0.3 is 5.97 Å². The van der Waals surface area contributed by atoms with Crippen molar-refractivity contribution in [2.24, 2.45) is 5.92 Å². The van der Waals surface area contributed by atoms with Crippen molar-refractivity contribution in [3.8, 4) is 0 Å². The van der Waals surface area contributed by atoms with Crippen molar-refractivity contribution in [2.45, 2.75) is 13.5 Å². The summed E-state index contributed by atoms with van der Waals surface area (Å²) in [4.78, 5) is 14.7. The maximum absolute atomic E-state index is 10.8. The molecule has 0 spiro atoms. The molecule has 0 aliphatic heterocycles. The average molecular weight is 220 g/mol. The summed E-state index contributed by atoms with van der Waals surface area (Å²) in [5, 5.41) is 0.